The Bertz CT molecular complexity index is 252. The van der Waals surface area contributed by atoms with Gasteiger partial charge in [0.15, 0.2) is 11.5 Å². The number of methoxy groups -OCH3 is 2. The van der Waals surface area contributed by atoms with Crippen LogP contribution in [-0.4, -0.2) is 20.5 Å². The van der Waals surface area contributed by atoms with Crippen molar-refractivity contribution in [2.75, 3.05) is 20.5 Å². The Kier molecular flexibility index (Phi) is 4.14. The minimum absolute atomic E-state index is 0.800. The molecule has 0 spiro atoms. The maximum atomic E-state index is 5.24. The lowest BCUT2D eigenvalue weighted by molar-refractivity contribution is 0.353. The van der Waals surface area contributed by atoms with Crippen molar-refractivity contribution in [3.05, 3.63) is 17.7 Å². The molecule has 0 fully saturated rings. The molecule has 1 aromatic carbocycles. The van der Waals surface area contributed by atoms with Crippen molar-refractivity contribution < 1.29 is 9.47 Å². The molecule has 3 heteroatoms. The summed E-state index contributed by atoms with van der Waals surface area (Å²) in [6.07, 6.45) is 3.08. The summed E-state index contributed by atoms with van der Waals surface area (Å²) in [4.78, 5) is 1.25. The first-order chi connectivity index (χ1) is 6.76. The summed E-state index contributed by atoms with van der Waals surface area (Å²) in [5.74, 6) is 1.61. The highest BCUT2D eigenvalue weighted by Gasteiger charge is 2.08. The van der Waals surface area contributed by atoms with E-state index in [1.807, 2.05) is 12.1 Å². The van der Waals surface area contributed by atoms with Gasteiger partial charge in [-0.1, -0.05) is 6.92 Å². The molecule has 0 aliphatic rings. The predicted molar refractivity (Wildman–Crippen MR) is 60.7 cm³/mol. The van der Waals surface area contributed by atoms with Gasteiger partial charge in [0.1, 0.15) is 0 Å². The Morgan fingerprint density at radius 3 is 2.14 bits per heavy atom. The quantitative estimate of drug-likeness (QED) is 0.715. The van der Waals surface area contributed by atoms with Gasteiger partial charge < -0.3 is 9.47 Å². The summed E-state index contributed by atoms with van der Waals surface area (Å²) in [6.45, 7) is 2.14. The normalized spacial score (nSPS) is 10.0. The van der Waals surface area contributed by atoms with Crippen molar-refractivity contribution in [2.24, 2.45) is 0 Å². The van der Waals surface area contributed by atoms with Crippen LogP contribution < -0.4 is 9.47 Å². The minimum atomic E-state index is 0.800. The fraction of sp³-hybridized carbons (Fsp3) is 0.455. The standard InChI is InChI=1S/C11H16O2S/c1-5-8-6-9(12-2)10(13-3)7-11(8)14-4/h6-7H,5H2,1-4H3. The summed E-state index contributed by atoms with van der Waals surface area (Å²) in [7, 11) is 3.32. The number of benzene rings is 1. The molecule has 14 heavy (non-hydrogen) atoms. The van der Waals surface area contributed by atoms with Gasteiger partial charge in [0.05, 0.1) is 14.2 Å². The van der Waals surface area contributed by atoms with E-state index in [4.69, 9.17) is 9.47 Å². The SMILES string of the molecule is CCc1cc(OC)c(OC)cc1SC. The molecule has 2 nitrogen and oxygen atoms in total. The number of thioether (sulfide) groups is 1. The number of aryl methyl sites for hydroxylation is 1. The molecule has 0 aliphatic carbocycles. The van der Waals surface area contributed by atoms with Crippen LogP contribution >= 0.6 is 11.8 Å². The van der Waals surface area contributed by atoms with Crippen LogP contribution in [-0.2, 0) is 6.42 Å². The van der Waals surface area contributed by atoms with Gasteiger partial charge in [0.2, 0.25) is 0 Å². The Morgan fingerprint density at radius 1 is 1.14 bits per heavy atom. The average molecular weight is 212 g/mol. The zero-order valence-corrected chi connectivity index (χ0v) is 9.90. The number of hydrogen-bond acceptors (Lipinski definition) is 3. The maximum absolute atomic E-state index is 5.24. The summed E-state index contributed by atoms with van der Waals surface area (Å²) in [6, 6.07) is 4.08. The Morgan fingerprint density at radius 2 is 1.71 bits per heavy atom. The molecule has 1 rings (SSSR count). The molecule has 0 saturated heterocycles. The second-order valence-electron chi connectivity index (χ2n) is 2.87. The monoisotopic (exact) mass is 212 g/mol. The largest absolute Gasteiger partial charge is 0.493 e. The molecular weight excluding hydrogens is 196 g/mol. The third kappa shape index (κ3) is 2.15. The summed E-state index contributed by atoms with van der Waals surface area (Å²) in [5.41, 5.74) is 1.30. The van der Waals surface area contributed by atoms with Crippen LogP contribution in [0.5, 0.6) is 11.5 Å². The molecule has 78 valence electrons. The molecule has 0 radical (unpaired) electrons. The first-order valence-corrected chi connectivity index (χ1v) is 5.78. The van der Waals surface area contributed by atoms with Gasteiger partial charge in [-0.3, -0.25) is 0 Å². The van der Waals surface area contributed by atoms with E-state index in [-0.39, 0.29) is 0 Å². The molecule has 0 heterocycles. The number of hydrogen-bond donors (Lipinski definition) is 0. The highest BCUT2D eigenvalue weighted by Crippen LogP contribution is 2.34. The zero-order chi connectivity index (χ0) is 10.6. The second-order valence-corrected chi connectivity index (χ2v) is 3.72. The molecule has 0 aliphatic heterocycles. The Labute approximate surface area is 89.6 Å². The van der Waals surface area contributed by atoms with Crippen LogP contribution in [0.25, 0.3) is 0 Å². The molecule has 0 amide bonds. The van der Waals surface area contributed by atoms with E-state index >= 15 is 0 Å². The molecular formula is C11H16O2S. The van der Waals surface area contributed by atoms with Gasteiger partial charge in [-0.2, -0.15) is 0 Å². The lowest BCUT2D eigenvalue weighted by Crippen LogP contribution is -1.94. The zero-order valence-electron chi connectivity index (χ0n) is 9.09. The van der Waals surface area contributed by atoms with E-state index in [0.717, 1.165) is 17.9 Å². The highest BCUT2D eigenvalue weighted by atomic mass is 32.2. The summed E-state index contributed by atoms with van der Waals surface area (Å²) in [5, 5.41) is 0. The first-order valence-electron chi connectivity index (χ1n) is 4.55. The van der Waals surface area contributed by atoms with Gasteiger partial charge in [0.25, 0.3) is 0 Å². The van der Waals surface area contributed by atoms with Crippen LogP contribution in [0.15, 0.2) is 17.0 Å². The van der Waals surface area contributed by atoms with Gasteiger partial charge >= 0.3 is 0 Å². The molecule has 0 saturated carbocycles. The predicted octanol–water partition coefficient (Wildman–Crippen LogP) is 2.99. The summed E-state index contributed by atoms with van der Waals surface area (Å²) >= 11 is 1.73. The smallest absolute Gasteiger partial charge is 0.161 e. The van der Waals surface area contributed by atoms with E-state index in [9.17, 15) is 0 Å². The van der Waals surface area contributed by atoms with Crippen molar-refractivity contribution in [1.29, 1.82) is 0 Å². The molecule has 0 aromatic heterocycles. The molecule has 0 N–H and O–H groups in total. The molecule has 0 unspecified atom stereocenters. The van der Waals surface area contributed by atoms with Gasteiger partial charge in [-0.05, 0) is 30.4 Å². The topological polar surface area (TPSA) is 18.5 Å². The van der Waals surface area contributed by atoms with Crippen LogP contribution in [0.1, 0.15) is 12.5 Å². The van der Waals surface area contributed by atoms with Crippen LogP contribution in [0, 0.1) is 0 Å². The van der Waals surface area contributed by atoms with Crippen molar-refractivity contribution in [2.45, 2.75) is 18.2 Å². The molecule has 0 atom stereocenters. The fourth-order valence-electron chi connectivity index (χ4n) is 1.37. The van der Waals surface area contributed by atoms with Gasteiger partial charge in [0, 0.05) is 4.90 Å². The van der Waals surface area contributed by atoms with E-state index < -0.39 is 0 Å². The van der Waals surface area contributed by atoms with Crippen molar-refractivity contribution in [1.82, 2.24) is 0 Å². The van der Waals surface area contributed by atoms with Crippen molar-refractivity contribution >= 4 is 11.8 Å². The van der Waals surface area contributed by atoms with Gasteiger partial charge in [-0.25, -0.2) is 0 Å². The van der Waals surface area contributed by atoms with Crippen LogP contribution in [0.2, 0.25) is 0 Å². The van der Waals surface area contributed by atoms with E-state index in [1.54, 1.807) is 26.0 Å². The Balaban J connectivity index is 3.20. The third-order valence-electron chi connectivity index (χ3n) is 2.17. The lowest BCUT2D eigenvalue weighted by Gasteiger charge is -2.12. The number of ether oxygens (including phenoxy) is 2. The fourth-order valence-corrected chi connectivity index (χ4v) is 2.06. The Hall–Kier alpha value is -0.830. The maximum Gasteiger partial charge on any atom is 0.161 e. The highest BCUT2D eigenvalue weighted by molar-refractivity contribution is 7.98. The second kappa shape index (κ2) is 5.15. The third-order valence-corrected chi connectivity index (χ3v) is 2.99. The average Bonchev–Trinajstić information content (AvgIpc) is 2.26. The number of rotatable bonds is 4. The van der Waals surface area contributed by atoms with Crippen LogP contribution in [0.4, 0.5) is 0 Å². The molecule has 0 bridgehead atoms. The van der Waals surface area contributed by atoms with Crippen molar-refractivity contribution in [3.8, 4) is 11.5 Å². The van der Waals surface area contributed by atoms with E-state index in [0.29, 0.717) is 0 Å². The first kappa shape index (κ1) is 11.2. The van der Waals surface area contributed by atoms with E-state index in [2.05, 4.69) is 13.2 Å². The van der Waals surface area contributed by atoms with Gasteiger partial charge in [-0.15, -0.1) is 11.8 Å². The summed E-state index contributed by atoms with van der Waals surface area (Å²) < 4.78 is 10.5. The minimum Gasteiger partial charge on any atom is -0.493 e. The van der Waals surface area contributed by atoms with Crippen LogP contribution in [0.3, 0.4) is 0 Å². The lowest BCUT2D eigenvalue weighted by atomic mass is 10.1. The molecule has 1 aromatic rings. The van der Waals surface area contributed by atoms with E-state index in [1.165, 1.54) is 10.5 Å². The van der Waals surface area contributed by atoms with Crippen molar-refractivity contribution in [3.63, 3.8) is 0 Å².